The minimum absolute atomic E-state index is 0.151. The lowest BCUT2D eigenvalue weighted by atomic mass is 9.83. The van der Waals surface area contributed by atoms with Gasteiger partial charge < -0.3 is 9.80 Å². The van der Waals surface area contributed by atoms with Crippen LogP contribution in [-0.2, 0) is 9.59 Å². The van der Waals surface area contributed by atoms with Crippen molar-refractivity contribution in [2.24, 2.45) is 0 Å². The third kappa shape index (κ3) is 2.04. The van der Waals surface area contributed by atoms with Crippen molar-refractivity contribution in [1.82, 2.24) is 9.80 Å². The van der Waals surface area contributed by atoms with Crippen LogP contribution >= 0.6 is 0 Å². The van der Waals surface area contributed by atoms with E-state index in [1.807, 2.05) is 16.7 Å². The molecule has 2 unspecified atom stereocenters. The maximum absolute atomic E-state index is 13.0. The van der Waals surface area contributed by atoms with Gasteiger partial charge in [0.2, 0.25) is 11.8 Å². The fourth-order valence-electron chi connectivity index (χ4n) is 4.09. The van der Waals surface area contributed by atoms with Crippen LogP contribution in [0.1, 0.15) is 66.2 Å². The normalized spacial score (nSPS) is 27.2. The smallest absolute Gasteiger partial charge is 0.246 e. The quantitative estimate of drug-likeness (QED) is 0.776. The summed E-state index contributed by atoms with van der Waals surface area (Å²) in [7, 11) is 0. The number of fused-ring (bicyclic) bond motifs is 1. The standard InChI is InChI=1S/C16H28N2O2/c1-5-12-14(19)17-11-9-10-13(17)15(20)18(12)16(6-2,7-3)8-4/h12-13H,5-11H2,1-4H3. The number of piperazine rings is 1. The number of rotatable bonds is 5. The second-order valence-electron chi connectivity index (χ2n) is 6.11. The third-order valence-electron chi connectivity index (χ3n) is 5.53. The maximum atomic E-state index is 13.0. The van der Waals surface area contributed by atoms with Gasteiger partial charge in [0.05, 0.1) is 0 Å². The van der Waals surface area contributed by atoms with Crippen molar-refractivity contribution in [3.63, 3.8) is 0 Å². The minimum Gasteiger partial charge on any atom is -0.329 e. The Morgan fingerprint density at radius 3 is 2.15 bits per heavy atom. The molecule has 4 heteroatoms. The lowest BCUT2D eigenvalue weighted by Crippen LogP contribution is -2.68. The molecule has 20 heavy (non-hydrogen) atoms. The van der Waals surface area contributed by atoms with E-state index in [0.29, 0.717) is 0 Å². The summed E-state index contributed by atoms with van der Waals surface area (Å²) in [6.45, 7) is 9.19. The van der Waals surface area contributed by atoms with E-state index in [9.17, 15) is 9.59 Å². The van der Waals surface area contributed by atoms with Gasteiger partial charge in [0, 0.05) is 12.1 Å². The maximum Gasteiger partial charge on any atom is 0.246 e. The first-order valence-electron chi connectivity index (χ1n) is 8.19. The monoisotopic (exact) mass is 280 g/mol. The van der Waals surface area contributed by atoms with Crippen LogP contribution in [0.25, 0.3) is 0 Å². The van der Waals surface area contributed by atoms with Crippen LogP contribution < -0.4 is 0 Å². The largest absolute Gasteiger partial charge is 0.329 e. The van der Waals surface area contributed by atoms with Crippen LogP contribution in [0.4, 0.5) is 0 Å². The summed E-state index contributed by atoms with van der Waals surface area (Å²) in [5, 5.41) is 0. The lowest BCUT2D eigenvalue weighted by Gasteiger charge is -2.52. The fraction of sp³-hybridized carbons (Fsp3) is 0.875. The van der Waals surface area contributed by atoms with E-state index < -0.39 is 0 Å². The van der Waals surface area contributed by atoms with Gasteiger partial charge in [-0.1, -0.05) is 27.7 Å². The molecular weight excluding hydrogens is 252 g/mol. The molecule has 0 bridgehead atoms. The summed E-state index contributed by atoms with van der Waals surface area (Å²) >= 11 is 0. The Balaban J connectivity index is 2.42. The van der Waals surface area contributed by atoms with Crippen molar-refractivity contribution in [3.05, 3.63) is 0 Å². The van der Waals surface area contributed by atoms with E-state index in [4.69, 9.17) is 0 Å². The van der Waals surface area contributed by atoms with Gasteiger partial charge in [0.15, 0.2) is 0 Å². The second-order valence-corrected chi connectivity index (χ2v) is 6.11. The molecule has 2 atom stereocenters. The highest BCUT2D eigenvalue weighted by Gasteiger charge is 2.52. The molecule has 0 spiro atoms. The zero-order valence-corrected chi connectivity index (χ0v) is 13.3. The molecule has 0 aliphatic carbocycles. The molecule has 2 aliphatic heterocycles. The number of carbonyl (C=O) groups is 2. The molecule has 2 saturated heterocycles. The SMILES string of the molecule is CCC1C(=O)N2CCCC2C(=O)N1C(CC)(CC)CC. The van der Waals surface area contributed by atoms with Gasteiger partial charge in [-0.25, -0.2) is 0 Å². The number of carbonyl (C=O) groups excluding carboxylic acids is 2. The predicted molar refractivity (Wildman–Crippen MR) is 79.3 cm³/mol. The molecule has 2 rings (SSSR count). The third-order valence-corrected chi connectivity index (χ3v) is 5.53. The van der Waals surface area contributed by atoms with Crippen LogP contribution in [0.2, 0.25) is 0 Å². The van der Waals surface area contributed by atoms with Gasteiger partial charge in [-0.15, -0.1) is 0 Å². The average molecular weight is 280 g/mol. The van der Waals surface area contributed by atoms with Crippen molar-refractivity contribution < 1.29 is 9.59 Å². The van der Waals surface area contributed by atoms with E-state index in [1.165, 1.54) is 0 Å². The van der Waals surface area contributed by atoms with Crippen LogP contribution in [-0.4, -0.2) is 45.8 Å². The topological polar surface area (TPSA) is 40.6 Å². The van der Waals surface area contributed by atoms with E-state index >= 15 is 0 Å². The summed E-state index contributed by atoms with van der Waals surface area (Å²) in [5.41, 5.74) is -0.151. The molecule has 0 N–H and O–H groups in total. The molecule has 2 heterocycles. The van der Waals surface area contributed by atoms with Crippen molar-refractivity contribution in [2.45, 2.75) is 83.8 Å². The summed E-state index contributed by atoms with van der Waals surface area (Å²) < 4.78 is 0. The number of hydrogen-bond acceptors (Lipinski definition) is 2. The van der Waals surface area contributed by atoms with Gasteiger partial charge in [0.25, 0.3) is 0 Å². The second kappa shape index (κ2) is 5.74. The Kier molecular flexibility index (Phi) is 4.40. The molecule has 114 valence electrons. The van der Waals surface area contributed by atoms with Crippen molar-refractivity contribution in [2.75, 3.05) is 6.54 Å². The molecule has 2 aliphatic rings. The van der Waals surface area contributed by atoms with Crippen LogP contribution in [0.3, 0.4) is 0 Å². The Morgan fingerprint density at radius 2 is 1.65 bits per heavy atom. The fourth-order valence-corrected chi connectivity index (χ4v) is 4.09. The van der Waals surface area contributed by atoms with Gasteiger partial charge in [-0.2, -0.15) is 0 Å². The summed E-state index contributed by atoms with van der Waals surface area (Å²) in [6.07, 6.45) is 5.27. The first kappa shape index (κ1) is 15.3. The van der Waals surface area contributed by atoms with Gasteiger partial charge >= 0.3 is 0 Å². The van der Waals surface area contributed by atoms with E-state index in [2.05, 4.69) is 20.8 Å². The van der Waals surface area contributed by atoms with E-state index in [0.717, 1.165) is 45.1 Å². The zero-order valence-electron chi connectivity index (χ0n) is 13.3. The van der Waals surface area contributed by atoms with E-state index in [-0.39, 0.29) is 29.4 Å². The summed E-state index contributed by atoms with van der Waals surface area (Å²) in [5.74, 6) is 0.369. The molecule has 0 radical (unpaired) electrons. The number of nitrogens with zero attached hydrogens (tertiary/aromatic N) is 2. The lowest BCUT2D eigenvalue weighted by molar-refractivity contribution is -0.168. The molecular formula is C16H28N2O2. The zero-order chi connectivity index (χ0) is 14.9. The molecule has 0 aromatic carbocycles. The van der Waals surface area contributed by atoms with Crippen LogP contribution in [0.15, 0.2) is 0 Å². The molecule has 0 aromatic heterocycles. The molecule has 2 amide bonds. The Labute approximate surface area is 122 Å². The minimum atomic E-state index is -0.253. The van der Waals surface area contributed by atoms with Crippen LogP contribution in [0.5, 0.6) is 0 Å². The highest BCUT2D eigenvalue weighted by Crippen LogP contribution is 2.37. The van der Waals surface area contributed by atoms with Gasteiger partial charge in [0.1, 0.15) is 12.1 Å². The van der Waals surface area contributed by atoms with Crippen molar-refractivity contribution >= 4 is 11.8 Å². The number of hydrogen-bond donors (Lipinski definition) is 0. The summed E-state index contributed by atoms with van der Waals surface area (Å²) in [6, 6.07) is -0.439. The Bertz CT molecular complexity index is 382. The predicted octanol–water partition coefficient (Wildman–Crippen LogP) is 2.57. The first-order chi connectivity index (χ1) is 9.56. The van der Waals surface area contributed by atoms with Crippen molar-refractivity contribution in [1.29, 1.82) is 0 Å². The van der Waals surface area contributed by atoms with E-state index in [1.54, 1.807) is 0 Å². The molecule has 0 saturated carbocycles. The van der Waals surface area contributed by atoms with Crippen LogP contribution in [0, 0.1) is 0 Å². The molecule has 4 nitrogen and oxygen atoms in total. The Hall–Kier alpha value is -1.06. The molecule has 0 aromatic rings. The molecule has 2 fully saturated rings. The average Bonchev–Trinajstić information content (AvgIpc) is 2.96. The number of amides is 2. The summed E-state index contributed by atoms with van der Waals surface area (Å²) in [4.78, 5) is 29.5. The van der Waals surface area contributed by atoms with Gasteiger partial charge in [-0.3, -0.25) is 9.59 Å². The van der Waals surface area contributed by atoms with Crippen molar-refractivity contribution in [3.8, 4) is 0 Å². The van der Waals surface area contributed by atoms with Gasteiger partial charge in [-0.05, 0) is 38.5 Å². The highest BCUT2D eigenvalue weighted by molar-refractivity contribution is 5.97. The highest BCUT2D eigenvalue weighted by atomic mass is 16.2. The first-order valence-corrected chi connectivity index (χ1v) is 8.19. The Morgan fingerprint density at radius 1 is 1.05 bits per heavy atom.